The largest absolute Gasteiger partial charge is 0.490 e. The van der Waals surface area contributed by atoms with Crippen LogP contribution in [0.15, 0.2) is 71.5 Å². The van der Waals surface area contributed by atoms with Gasteiger partial charge in [-0.05, 0) is 35.4 Å². The molecule has 1 amide bonds. The molecule has 11 heteroatoms. The number of rotatable bonds is 4. The highest BCUT2D eigenvalue weighted by molar-refractivity contribution is 6.09. The average molecular weight is 546 g/mol. The second-order valence-electron chi connectivity index (χ2n) is 9.15. The lowest BCUT2D eigenvalue weighted by Crippen LogP contribution is -2.37. The van der Waals surface area contributed by atoms with Crippen molar-refractivity contribution in [3.63, 3.8) is 0 Å². The first-order valence-corrected chi connectivity index (χ1v) is 11.8. The van der Waals surface area contributed by atoms with E-state index in [-0.39, 0.29) is 30.3 Å². The number of hydrogen-bond acceptors (Lipinski definition) is 3. The minimum Gasteiger partial charge on any atom is -0.490 e. The number of nitrogens with zero attached hydrogens (tertiary/aromatic N) is 2. The second-order valence-corrected chi connectivity index (χ2v) is 9.15. The van der Waals surface area contributed by atoms with Gasteiger partial charge in [0.05, 0.1) is 23.2 Å². The van der Waals surface area contributed by atoms with Gasteiger partial charge in [-0.1, -0.05) is 42.5 Å². The zero-order valence-corrected chi connectivity index (χ0v) is 20.4. The molecule has 0 fully saturated rings. The summed E-state index contributed by atoms with van der Waals surface area (Å²) < 4.78 is 87.3. The Morgan fingerprint density at radius 1 is 0.923 bits per heavy atom. The SMILES string of the molecule is CN(Cc1cc(C(F)(F)F)cc(C(F)(F)F)c1)C(=O)c1c(-c2ccccc2)c2cccc3c2n(c1=O)CCO3. The molecule has 4 aromatic rings. The van der Waals surface area contributed by atoms with Gasteiger partial charge < -0.3 is 14.2 Å². The van der Waals surface area contributed by atoms with E-state index in [0.717, 1.165) is 4.90 Å². The Kier molecular flexibility index (Phi) is 6.40. The maximum atomic E-state index is 13.8. The molecule has 2 heterocycles. The molecule has 1 aliphatic heterocycles. The normalized spacial score (nSPS) is 13.3. The number of para-hydroxylation sites is 1. The third kappa shape index (κ3) is 4.84. The number of benzene rings is 3. The van der Waals surface area contributed by atoms with Crippen molar-refractivity contribution in [1.82, 2.24) is 9.47 Å². The summed E-state index contributed by atoms with van der Waals surface area (Å²) in [4.78, 5) is 28.5. The quantitative estimate of drug-likeness (QED) is 0.280. The van der Waals surface area contributed by atoms with Crippen LogP contribution < -0.4 is 10.3 Å². The van der Waals surface area contributed by atoms with Crippen LogP contribution >= 0.6 is 0 Å². The van der Waals surface area contributed by atoms with Crippen LogP contribution in [0.5, 0.6) is 5.75 Å². The minimum absolute atomic E-state index is 0.0267. The van der Waals surface area contributed by atoms with E-state index in [9.17, 15) is 35.9 Å². The number of hydrogen-bond donors (Lipinski definition) is 0. The number of alkyl halides is 6. The van der Waals surface area contributed by atoms with Gasteiger partial charge in [0.15, 0.2) is 0 Å². The third-order valence-electron chi connectivity index (χ3n) is 6.51. The number of carbonyl (C=O) groups is 1. The summed E-state index contributed by atoms with van der Waals surface area (Å²) in [7, 11) is 1.23. The fourth-order valence-corrected chi connectivity index (χ4v) is 4.81. The van der Waals surface area contributed by atoms with Gasteiger partial charge >= 0.3 is 12.4 Å². The zero-order chi connectivity index (χ0) is 28.1. The summed E-state index contributed by atoms with van der Waals surface area (Å²) in [6.45, 7) is -0.251. The molecule has 202 valence electrons. The first-order chi connectivity index (χ1) is 18.4. The van der Waals surface area contributed by atoms with Crippen LogP contribution in [0.25, 0.3) is 22.0 Å². The van der Waals surface area contributed by atoms with Crippen LogP contribution in [0.3, 0.4) is 0 Å². The molecule has 0 bridgehead atoms. The predicted octanol–water partition coefficient (Wildman–Crippen LogP) is 6.37. The summed E-state index contributed by atoms with van der Waals surface area (Å²) in [6.07, 6.45) is -10.1. The molecular weight excluding hydrogens is 526 g/mol. The third-order valence-corrected chi connectivity index (χ3v) is 6.51. The summed E-state index contributed by atoms with van der Waals surface area (Å²) in [5.41, 5.74) is -2.88. The topological polar surface area (TPSA) is 51.5 Å². The van der Waals surface area contributed by atoms with Crippen LogP contribution in [0.2, 0.25) is 0 Å². The van der Waals surface area contributed by atoms with Crippen LogP contribution in [0, 0.1) is 0 Å². The summed E-state index contributed by atoms with van der Waals surface area (Å²) in [5.74, 6) is -0.378. The molecule has 0 saturated heterocycles. The van der Waals surface area contributed by atoms with Crippen molar-refractivity contribution < 1.29 is 35.9 Å². The molecular formula is C28H20F6N2O3. The van der Waals surface area contributed by atoms with E-state index in [2.05, 4.69) is 0 Å². The number of amides is 1. The van der Waals surface area contributed by atoms with E-state index in [0.29, 0.717) is 39.9 Å². The number of carbonyl (C=O) groups excluding carboxylic acids is 1. The molecule has 1 aliphatic rings. The molecule has 0 unspecified atom stereocenters. The fourth-order valence-electron chi connectivity index (χ4n) is 4.81. The van der Waals surface area contributed by atoms with Gasteiger partial charge in [0.2, 0.25) is 0 Å². The van der Waals surface area contributed by atoms with Crippen LogP contribution in [0.4, 0.5) is 26.3 Å². The summed E-state index contributed by atoms with van der Waals surface area (Å²) in [6, 6.07) is 14.9. The lowest BCUT2D eigenvalue weighted by molar-refractivity contribution is -0.143. The molecule has 0 radical (unpaired) electrons. The van der Waals surface area contributed by atoms with Crippen molar-refractivity contribution in [2.75, 3.05) is 13.7 Å². The summed E-state index contributed by atoms with van der Waals surface area (Å²) >= 11 is 0. The van der Waals surface area contributed by atoms with Crippen LogP contribution in [-0.2, 0) is 25.4 Å². The van der Waals surface area contributed by atoms with Gasteiger partial charge in [0.25, 0.3) is 11.5 Å². The molecule has 39 heavy (non-hydrogen) atoms. The van der Waals surface area contributed by atoms with Crippen molar-refractivity contribution >= 4 is 16.8 Å². The monoisotopic (exact) mass is 546 g/mol. The van der Waals surface area contributed by atoms with E-state index < -0.39 is 41.5 Å². The fraction of sp³-hybridized carbons (Fsp3) is 0.214. The standard InChI is InChI=1S/C28H20F6N2O3/c1-35(15-16-12-18(27(29,30)31)14-19(13-16)28(32,33)34)25(37)23-22(17-6-3-2-4-7-17)20-8-5-9-21-24(20)36(26(23)38)10-11-39-21/h2-9,12-14H,10-11,15H2,1H3. The average Bonchev–Trinajstić information content (AvgIpc) is 2.89. The molecule has 0 atom stereocenters. The lowest BCUT2D eigenvalue weighted by atomic mass is 9.94. The number of pyridine rings is 1. The first-order valence-electron chi connectivity index (χ1n) is 11.8. The Hall–Kier alpha value is -4.28. The van der Waals surface area contributed by atoms with Crippen molar-refractivity contribution in [1.29, 1.82) is 0 Å². The smallest absolute Gasteiger partial charge is 0.416 e. The minimum atomic E-state index is -5.03. The predicted molar refractivity (Wildman–Crippen MR) is 131 cm³/mol. The van der Waals surface area contributed by atoms with E-state index in [1.165, 1.54) is 11.6 Å². The molecule has 5 nitrogen and oxygen atoms in total. The number of halogens is 6. The molecule has 0 N–H and O–H groups in total. The summed E-state index contributed by atoms with van der Waals surface area (Å²) in [5, 5.41) is 0.549. The van der Waals surface area contributed by atoms with E-state index >= 15 is 0 Å². The van der Waals surface area contributed by atoms with Gasteiger partial charge in [0.1, 0.15) is 17.9 Å². The first kappa shape index (κ1) is 26.3. The van der Waals surface area contributed by atoms with Crippen molar-refractivity contribution in [3.05, 3.63) is 99.3 Å². The number of aromatic nitrogens is 1. The van der Waals surface area contributed by atoms with Gasteiger partial charge in [-0.3, -0.25) is 9.59 Å². The van der Waals surface area contributed by atoms with Crippen molar-refractivity contribution in [2.24, 2.45) is 0 Å². The van der Waals surface area contributed by atoms with E-state index in [1.807, 2.05) is 0 Å². The molecule has 5 rings (SSSR count). The van der Waals surface area contributed by atoms with Crippen LogP contribution in [-0.4, -0.2) is 29.0 Å². The Morgan fingerprint density at radius 3 is 2.18 bits per heavy atom. The Balaban J connectivity index is 1.66. The van der Waals surface area contributed by atoms with Gasteiger partial charge in [-0.2, -0.15) is 26.3 Å². The highest BCUT2D eigenvalue weighted by Crippen LogP contribution is 2.38. The van der Waals surface area contributed by atoms with Crippen LogP contribution in [0.1, 0.15) is 27.0 Å². The zero-order valence-electron chi connectivity index (χ0n) is 20.4. The molecule has 0 spiro atoms. The van der Waals surface area contributed by atoms with E-state index in [4.69, 9.17) is 4.74 Å². The van der Waals surface area contributed by atoms with E-state index in [1.54, 1.807) is 48.5 Å². The second kappa shape index (κ2) is 9.48. The highest BCUT2D eigenvalue weighted by atomic mass is 19.4. The maximum absolute atomic E-state index is 13.8. The molecule has 3 aromatic carbocycles. The highest BCUT2D eigenvalue weighted by Gasteiger charge is 2.37. The van der Waals surface area contributed by atoms with Gasteiger partial charge in [-0.15, -0.1) is 0 Å². The molecule has 0 aliphatic carbocycles. The Labute approximate surface area is 217 Å². The number of ether oxygens (including phenoxy) is 1. The molecule has 0 saturated carbocycles. The van der Waals surface area contributed by atoms with Gasteiger partial charge in [0, 0.05) is 24.5 Å². The molecule has 1 aromatic heterocycles. The lowest BCUT2D eigenvalue weighted by Gasteiger charge is -2.25. The van der Waals surface area contributed by atoms with Gasteiger partial charge in [-0.25, -0.2) is 0 Å². The Morgan fingerprint density at radius 2 is 1.56 bits per heavy atom. The maximum Gasteiger partial charge on any atom is 0.416 e. The van der Waals surface area contributed by atoms with Crippen molar-refractivity contribution in [3.8, 4) is 16.9 Å². The Bertz CT molecular complexity index is 1610. The van der Waals surface area contributed by atoms with Crippen molar-refractivity contribution in [2.45, 2.75) is 25.4 Å².